The van der Waals surface area contributed by atoms with Gasteiger partial charge in [-0.1, -0.05) is 19.1 Å². The van der Waals surface area contributed by atoms with Crippen LogP contribution >= 0.6 is 11.8 Å². The molecule has 1 aromatic rings. The van der Waals surface area contributed by atoms with E-state index in [0.717, 1.165) is 12.2 Å². The maximum absolute atomic E-state index is 12.8. The number of carbonyl (C=O) groups excluding carboxylic acids is 1. The molecule has 1 aromatic carbocycles. The Morgan fingerprint density at radius 2 is 1.95 bits per heavy atom. The fraction of sp³-hybridized carbons (Fsp3) is 0.429. The standard InChI is InChI=1S/C14H18FNO3S/c1-2-7-20-10-13(17)16(9-14(18)19)8-11-3-5-12(15)6-4-11/h3-6H,2,7-10H2,1H3,(H,18,19). The molecular formula is C14H18FNO3S. The summed E-state index contributed by atoms with van der Waals surface area (Å²) in [7, 11) is 0. The van der Waals surface area contributed by atoms with Crippen molar-refractivity contribution in [3.63, 3.8) is 0 Å². The molecule has 4 nitrogen and oxygen atoms in total. The summed E-state index contributed by atoms with van der Waals surface area (Å²) in [5, 5.41) is 8.87. The van der Waals surface area contributed by atoms with Gasteiger partial charge >= 0.3 is 5.97 Å². The minimum absolute atomic E-state index is 0.179. The van der Waals surface area contributed by atoms with Crippen LogP contribution in [0.3, 0.4) is 0 Å². The Bertz CT molecular complexity index is 450. The van der Waals surface area contributed by atoms with Gasteiger partial charge in [0.05, 0.1) is 5.75 Å². The van der Waals surface area contributed by atoms with Crippen LogP contribution in [0.25, 0.3) is 0 Å². The second kappa shape index (κ2) is 8.58. The smallest absolute Gasteiger partial charge is 0.323 e. The van der Waals surface area contributed by atoms with E-state index in [4.69, 9.17) is 5.11 Å². The van der Waals surface area contributed by atoms with Gasteiger partial charge in [-0.2, -0.15) is 11.8 Å². The van der Waals surface area contributed by atoms with E-state index in [1.807, 2.05) is 6.92 Å². The molecule has 0 unspecified atom stereocenters. The van der Waals surface area contributed by atoms with E-state index in [0.29, 0.717) is 5.56 Å². The van der Waals surface area contributed by atoms with E-state index in [1.165, 1.54) is 28.8 Å². The molecule has 0 atom stereocenters. The Morgan fingerprint density at radius 3 is 2.50 bits per heavy atom. The highest BCUT2D eigenvalue weighted by Crippen LogP contribution is 2.10. The van der Waals surface area contributed by atoms with Crippen molar-refractivity contribution in [2.75, 3.05) is 18.1 Å². The van der Waals surface area contributed by atoms with Crippen LogP contribution in [0.2, 0.25) is 0 Å². The van der Waals surface area contributed by atoms with Crippen LogP contribution in [0.4, 0.5) is 4.39 Å². The van der Waals surface area contributed by atoms with E-state index in [2.05, 4.69) is 0 Å². The summed E-state index contributed by atoms with van der Waals surface area (Å²) in [5.74, 6) is -0.495. The van der Waals surface area contributed by atoms with Crippen LogP contribution in [0.5, 0.6) is 0 Å². The molecule has 0 spiro atoms. The van der Waals surface area contributed by atoms with Crippen molar-refractivity contribution in [1.82, 2.24) is 4.90 Å². The van der Waals surface area contributed by atoms with Gasteiger partial charge in [-0.05, 0) is 29.9 Å². The molecule has 0 saturated carbocycles. The first-order chi connectivity index (χ1) is 9.52. The van der Waals surface area contributed by atoms with Crippen molar-refractivity contribution in [2.24, 2.45) is 0 Å². The lowest BCUT2D eigenvalue weighted by Gasteiger charge is -2.20. The number of rotatable bonds is 8. The summed E-state index contributed by atoms with van der Waals surface area (Å²) in [6, 6.07) is 5.70. The number of hydrogen-bond donors (Lipinski definition) is 1. The van der Waals surface area contributed by atoms with E-state index in [1.54, 1.807) is 12.1 Å². The van der Waals surface area contributed by atoms with Crippen LogP contribution < -0.4 is 0 Å². The first-order valence-corrected chi connectivity index (χ1v) is 7.50. The Balaban J connectivity index is 2.65. The van der Waals surface area contributed by atoms with Gasteiger partial charge in [0, 0.05) is 6.54 Å². The topological polar surface area (TPSA) is 57.6 Å². The summed E-state index contributed by atoms with van der Waals surface area (Å²) in [5.41, 5.74) is 0.710. The first kappa shape index (κ1) is 16.5. The lowest BCUT2D eigenvalue weighted by Crippen LogP contribution is -2.36. The zero-order valence-electron chi connectivity index (χ0n) is 11.3. The molecular weight excluding hydrogens is 281 g/mol. The van der Waals surface area contributed by atoms with Gasteiger partial charge in [0.25, 0.3) is 0 Å². The molecule has 0 heterocycles. The average Bonchev–Trinajstić information content (AvgIpc) is 2.40. The lowest BCUT2D eigenvalue weighted by molar-refractivity contribution is -0.143. The molecule has 0 aromatic heterocycles. The summed E-state index contributed by atoms with van der Waals surface area (Å²) in [6.45, 7) is 1.85. The van der Waals surface area contributed by atoms with Gasteiger partial charge in [0.15, 0.2) is 0 Å². The zero-order chi connectivity index (χ0) is 15.0. The SMILES string of the molecule is CCCSCC(=O)N(CC(=O)O)Cc1ccc(F)cc1. The van der Waals surface area contributed by atoms with Crippen molar-refractivity contribution in [3.05, 3.63) is 35.6 Å². The number of hydrogen-bond acceptors (Lipinski definition) is 3. The number of carbonyl (C=O) groups is 2. The summed E-state index contributed by atoms with van der Waals surface area (Å²) >= 11 is 1.49. The third-order valence-corrected chi connectivity index (χ3v) is 3.69. The summed E-state index contributed by atoms with van der Waals surface area (Å²) in [6.07, 6.45) is 0.967. The number of nitrogens with zero attached hydrogens (tertiary/aromatic N) is 1. The van der Waals surface area contributed by atoms with E-state index >= 15 is 0 Å². The summed E-state index contributed by atoms with van der Waals surface area (Å²) < 4.78 is 12.8. The lowest BCUT2D eigenvalue weighted by atomic mass is 10.2. The fourth-order valence-electron chi connectivity index (χ4n) is 1.60. The van der Waals surface area contributed by atoms with Crippen LogP contribution in [-0.4, -0.2) is 39.9 Å². The van der Waals surface area contributed by atoms with Gasteiger partial charge in [0.2, 0.25) is 5.91 Å². The fourth-order valence-corrected chi connectivity index (χ4v) is 2.39. The molecule has 1 amide bonds. The van der Waals surface area contributed by atoms with Crippen molar-refractivity contribution < 1.29 is 19.1 Å². The maximum atomic E-state index is 12.8. The highest BCUT2D eigenvalue weighted by molar-refractivity contribution is 7.99. The monoisotopic (exact) mass is 299 g/mol. The highest BCUT2D eigenvalue weighted by Gasteiger charge is 2.17. The van der Waals surface area contributed by atoms with Crippen LogP contribution in [0.1, 0.15) is 18.9 Å². The average molecular weight is 299 g/mol. The number of halogens is 1. The number of carboxylic acids is 1. The molecule has 20 heavy (non-hydrogen) atoms. The van der Waals surface area contributed by atoms with Crippen molar-refractivity contribution in [2.45, 2.75) is 19.9 Å². The third kappa shape index (κ3) is 6.06. The molecule has 0 fully saturated rings. The largest absolute Gasteiger partial charge is 0.480 e. The number of carboxylic acid groups (broad SMARTS) is 1. The second-order valence-corrected chi connectivity index (χ2v) is 5.43. The first-order valence-electron chi connectivity index (χ1n) is 6.34. The number of amides is 1. The van der Waals surface area contributed by atoms with E-state index in [9.17, 15) is 14.0 Å². The molecule has 0 aliphatic heterocycles. The third-order valence-electron chi connectivity index (χ3n) is 2.54. The Hall–Kier alpha value is -1.56. The molecule has 0 radical (unpaired) electrons. The Kier molecular flexibility index (Phi) is 7.08. The predicted molar refractivity (Wildman–Crippen MR) is 77.1 cm³/mol. The van der Waals surface area contributed by atoms with Gasteiger partial charge in [-0.25, -0.2) is 4.39 Å². The van der Waals surface area contributed by atoms with E-state index in [-0.39, 0.29) is 30.6 Å². The number of thioether (sulfide) groups is 1. The molecule has 1 rings (SSSR count). The highest BCUT2D eigenvalue weighted by atomic mass is 32.2. The second-order valence-electron chi connectivity index (χ2n) is 4.32. The van der Waals surface area contributed by atoms with Crippen molar-refractivity contribution >= 4 is 23.6 Å². The van der Waals surface area contributed by atoms with Gasteiger partial charge in [0.1, 0.15) is 12.4 Å². The Labute approximate surface area is 122 Å². The molecule has 110 valence electrons. The minimum Gasteiger partial charge on any atom is -0.480 e. The normalized spacial score (nSPS) is 10.3. The molecule has 0 aliphatic carbocycles. The predicted octanol–water partition coefficient (Wildman–Crippen LogP) is 2.38. The van der Waals surface area contributed by atoms with Crippen LogP contribution in [0.15, 0.2) is 24.3 Å². The Morgan fingerprint density at radius 1 is 1.30 bits per heavy atom. The van der Waals surface area contributed by atoms with Crippen LogP contribution in [0, 0.1) is 5.82 Å². The van der Waals surface area contributed by atoms with Gasteiger partial charge in [-0.15, -0.1) is 0 Å². The molecule has 0 aliphatic rings. The van der Waals surface area contributed by atoms with Crippen molar-refractivity contribution in [1.29, 1.82) is 0 Å². The zero-order valence-corrected chi connectivity index (χ0v) is 12.2. The maximum Gasteiger partial charge on any atom is 0.323 e. The molecule has 6 heteroatoms. The van der Waals surface area contributed by atoms with E-state index < -0.39 is 5.97 Å². The van der Waals surface area contributed by atoms with Gasteiger partial charge < -0.3 is 10.0 Å². The molecule has 0 bridgehead atoms. The number of benzene rings is 1. The molecule has 0 saturated heterocycles. The number of aliphatic carboxylic acids is 1. The van der Waals surface area contributed by atoms with Gasteiger partial charge in [-0.3, -0.25) is 9.59 Å². The minimum atomic E-state index is -1.05. The van der Waals surface area contributed by atoms with Crippen molar-refractivity contribution in [3.8, 4) is 0 Å². The van der Waals surface area contributed by atoms with Crippen LogP contribution in [-0.2, 0) is 16.1 Å². The quantitative estimate of drug-likeness (QED) is 0.749. The summed E-state index contributed by atoms with van der Waals surface area (Å²) in [4.78, 5) is 24.1. The molecule has 1 N–H and O–H groups in total.